The number of thiophene rings is 1. The van der Waals surface area contributed by atoms with Crippen LogP contribution in [0.15, 0.2) is 10.5 Å². The van der Waals surface area contributed by atoms with Crippen molar-refractivity contribution in [1.82, 2.24) is 5.48 Å². The van der Waals surface area contributed by atoms with Crippen LogP contribution in [-0.4, -0.2) is 5.21 Å². The van der Waals surface area contributed by atoms with Gasteiger partial charge >= 0.3 is 0 Å². The highest BCUT2D eigenvalue weighted by molar-refractivity contribution is 9.10. The van der Waals surface area contributed by atoms with Crippen LogP contribution >= 0.6 is 27.3 Å². The van der Waals surface area contributed by atoms with Gasteiger partial charge in [-0.15, -0.1) is 11.3 Å². The van der Waals surface area contributed by atoms with Gasteiger partial charge in [-0.25, -0.2) is 5.48 Å². The van der Waals surface area contributed by atoms with Gasteiger partial charge in [-0.2, -0.15) is 0 Å². The first-order valence-corrected chi connectivity index (χ1v) is 4.46. The zero-order valence-corrected chi connectivity index (χ0v) is 7.92. The summed E-state index contributed by atoms with van der Waals surface area (Å²) in [6.07, 6.45) is 0. The molecule has 0 amide bonds. The van der Waals surface area contributed by atoms with E-state index < -0.39 is 0 Å². The molecule has 0 aliphatic carbocycles. The van der Waals surface area contributed by atoms with Crippen LogP contribution in [0.2, 0.25) is 0 Å². The maximum absolute atomic E-state index is 8.36. The Morgan fingerprint density at radius 1 is 1.80 bits per heavy atom. The van der Waals surface area contributed by atoms with E-state index in [1.807, 2.05) is 13.0 Å². The third-order valence-corrected chi connectivity index (χ3v) is 3.30. The minimum absolute atomic E-state index is 0.525. The number of hydroxylamine groups is 1. The van der Waals surface area contributed by atoms with Crippen molar-refractivity contribution in [1.29, 1.82) is 0 Å². The first-order valence-electron chi connectivity index (χ1n) is 2.86. The number of hydrogen-bond donors (Lipinski definition) is 2. The molecular formula is C6H8BrNOS. The highest BCUT2D eigenvalue weighted by Crippen LogP contribution is 2.25. The van der Waals surface area contributed by atoms with Gasteiger partial charge in [-0.1, -0.05) is 0 Å². The maximum atomic E-state index is 8.36. The fourth-order valence-electron chi connectivity index (χ4n) is 0.683. The van der Waals surface area contributed by atoms with Crippen molar-refractivity contribution in [3.05, 3.63) is 20.3 Å². The normalized spacial score (nSPS) is 10.3. The summed E-state index contributed by atoms with van der Waals surface area (Å²) >= 11 is 5.06. The highest BCUT2D eigenvalue weighted by atomic mass is 79.9. The second kappa shape index (κ2) is 3.48. The summed E-state index contributed by atoms with van der Waals surface area (Å²) in [6, 6.07) is 2.00. The summed E-state index contributed by atoms with van der Waals surface area (Å²) in [5, 5.41) is 8.36. The van der Waals surface area contributed by atoms with Crippen molar-refractivity contribution in [3.8, 4) is 0 Å². The second-order valence-electron chi connectivity index (χ2n) is 1.95. The number of aryl methyl sites for hydroxylation is 1. The van der Waals surface area contributed by atoms with Gasteiger partial charge in [0.1, 0.15) is 0 Å². The largest absolute Gasteiger partial charge is 0.316 e. The first-order chi connectivity index (χ1) is 4.74. The van der Waals surface area contributed by atoms with Gasteiger partial charge in [-0.05, 0) is 28.9 Å². The van der Waals surface area contributed by atoms with E-state index in [9.17, 15) is 0 Å². The average molecular weight is 222 g/mol. The van der Waals surface area contributed by atoms with Crippen LogP contribution in [0, 0.1) is 6.92 Å². The Hall–Kier alpha value is 0.100. The average Bonchev–Trinajstić information content (AvgIpc) is 2.14. The Morgan fingerprint density at radius 3 is 2.90 bits per heavy atom. The number of halogens is 1. The summed E-state index contributed by atoms with van der Waals surface area (Å²) in [5.41, 5.74) is 2.11. The number of rotatable bonds is 2. The monoisotopic (exact) mass is 221 g/mol. The van der Waals surface area contributed by atoms with Gasteiger partial charge in [0, 0.05) is 14.2 Å². The maximum Gasteiger partial charge on any atom is 0.0552 e. The fourth-order valence-corrected chi connectivity index (χ4v) is 2.22. The lowest BCUT2D eigenvalue weighted by molar-refractivity contribution is 0.162. The molecule has 1 heterocycles. The topological polar surface area (TPSA) is 32.3 Å². The minimum Gasteiger partial charge on any atom is -0.316 e. The van der Waals surface area contributed by atoms with Crippen LogP contribution in [0.1, 0.15) is 9.75 Å². The molecule has 0 unspecified atom stereocenters. The predicted octanol–water partition coefficient (Wildman–Crippen LogP) is 2.30. The van der Waals surface area contributed by atoms with E-state index in [-0.39, 0.29) is 0 Å². The highest BCUT2D eigenvalue weighted by Gasteiger charge is 2.00. The number of nitrogens with one attached hydrogen (secondary N) is 1. The van der Waals surface area contributed by atoms with Gasteiger partial charge in [0.2, 0.25) is 0 Å². The van der Waals surface area contributed by atoms with E-state index in [4.69, 9.17) is 5.21 Å². The Labute approximate surface area is 72.0 Å². The van der Waals surface area contributed by atoms with Crippen molar-refractivity contribution in [2.75, 3.05) is 0 Å². The van der Waals surface area contributed by atoms with Crippen LogP contribution in [-0.2, 0) is 6.54 Å². The van der Waals surface area contributed by atoms with Crippen molar-refractivity contribution < 1.29 is 5.21 Å². The standard InChI is InChI=1S/C6H8BrNOS/c1-4-6(7)2-5(10-4)3-8-9/h2,8-9H,3H2,1H3. The van der Waals surface area contributed by atoms with Gasteiger partial charge in [-0.3, -0.25) is 0 Å². The molecule has 0 aromatic carbocycles. The summed E-state index contributed by atoms with van der Waals surface area (Å²) in [6.45, 7) is 2.56. The molecule has 0 aliphatic heterocycles. The SMILES string of the molecule is Cc1sc(CNO)cc1Br. The van der Waals surface area contributed by atoms with E-state index in [2.05, 4.69) is 21.4 Å². The van der Waals surface area contributed by atoms with E-state index in [1.54, 1.807) is 11.3 Å². The summed E-state index contributed by atoms with van der Waals surface area (Å²) in [4.78, 5) is 2.37. The van der Waals surface area contributed by atoms with Crippen molar-refractivity contribution in [3.63, 3.8) is 0 Å². The summed E-state index contributed by atoms with van der Waals surface area (Å²) < 4.78 is 1.11. The van der Waals surface area contributed by atoms with E-state index in [0.29, 0.717) is 6.54 Å². The van der Waals surface area contributed by atoms with Gasteiger partial charge < -0.3 is 5.21 Å². The zero-order chi connectivity index (χ0) is 7.56. The van der Waals surface area contributed by atoms with Gasteiger partial charge in [0.05, 0.1) is 6.54 Å². The Kier molecular flexibility index (Phi) is 2.85. The molecule has 4 heteroatoms. The summed E-state index contributed by atoms with van der Waals surface area (Å²) in [5.74, 6) is 0. The van der Waals surface area contributed by atoms with E-state index in [1.165, 1.54) is 4.88 Å². The molecule has 2 N–H and O–H groups in total. The van der Waals surface area contributed by atoms with Gasteiger partial charge in [0.25, 0.3) is 0 Å². The lowest BCUT2D eigenvalue weighted by atomic mass is 10.4. The number of hydrogen-bond acceptors (Lipinski definition) is 3. The lowest BCUT2D eigenvalue weighted by Gasteiger charge is -1.89. The molecule has 56 valence electrons. The molecule has 0 fully saturated rings. The molecule has 0 bridgehead atoms. The smallest absolute Gasteiger partial charge is 0.0552 e. The Morgan fingerprint density at radius 2 is 2.50 bits per heavy atom. The molecule has 0 radical (unpaired) electrons. The third-order valence-electron chi connectivity index (χ3n) is 1.16. The lowest BCUT2D eigenvalue weighted by Crippen LogP contribution is -2.03. The molecule has 1 aromatic rings. The van der Waals surface area contributed by atoms with Crippen LogP contribution in [0.3, 0.4) is 0 Å². The Balaban J connectivity index is 2.77. The van der Waals surface area contributed by atoms with Gasteiger partial charge in [0.15, 0.2) is 0 Å². The molecule has 0 saturated heterocycles. The van der Waals surface area contributed by atoms with E-state index >= 15 is 0 Å². The van der Waals surface area contributed by atoms with E-state index in [0.717, 1.165) is 9.35 Å². The van der Waals surface area contributed by atoms with Crippen LogP contribution in [0.5, 0.6) is 0 Å². The van der Waals surface area contributed by atoms with Crippen molar-refractivity contribution in [2.45, 2.75) is 13.5 Å². The zero-order valence-electron chi connectivity index (χ0n) is 5.52. The molecule has 1 rings (SSSR count). The molecule has 2 nitrogen and oxygen atoms in total. The minimum atomic E-state index is 0.525. The quantitative estimate of drug-likeness (QED) is 0.752. The van der Waals surface area contributed by atoms with Crippen molar-refractivity contribution in [2.24, 2.45) is 0 Å². The third kappa shape index (κ3) is 1.79. The Bertz CT molecular complexity index is 204. The first kappa shape index (κ1) is 8.20. The molecule has 1 aromatic heterocycles. The fraction of sp³-hybridized carbons (Fsp3) is 0.333. The van der Waals surface area contributed by atoms with Crippen molar-refractivity contribution >= 4 is 27.3 Å². The van der Waals surface area contributed by atoms with Crippen LogP contribution in [0.25, 0.3) is 0 Å². The second-order valence-corrected chi connectivity index (χ2v) is 4.15. The molecule has 0 atom stereocenters. The molecule has 10 heavy (non-hydrogen) atoms. The molecular weight excluding hydrogens is 214 g/mol. The predicted molar refractivity (Wildman–Crippen MR) is 45.4 cm³/mol. The van der Waals surface area contributed by atoms with Crippen LogP contribution < -0.4 is 5.48 Å². The molecule has 0 spiro atoms. The summed E-state index contributed by atoms with van der Waals surface area (Å²) in [7, 11) is 0. The molecule has 0 saturated carbocycles. The van der Waals surface area contributed by atoms with Crippen LogP contribution in [0.4, 0.5) is 0 Å². The molecule has 0 aliphatic rings.